The van der Waals surface area contributed by atoms with E-state index in [1.165, 1.54) is 24.5 Å². The minimum Gasteiger partial charge on any atom is -0.435 e. The Morgan fingerprint density at radius 2 is 2.05 bits per heavy atom. The summed E-state index contributed by atoms with van der Waals surface area (Å²) in [5.41, 5.74) is -0.556. The lowest BCUT2D eigenvalue weighted by Gasteiger charge is -2.11. The summed E-state index contributed by atoms with van der Waals surface area (Å²) in [5.74, 6) is -0.501. The molecular weight excluding hydrogens is 345 g/mol. The van der Waals surface area contributed by atoms with Crippen LogP contribution in [0.15, 0.2) is 39.9 Å². The number of hydrogen-bond donors (Lipinski definition) is 1. The SMILES string of the molecule is O=c1[nH]ccnc1Oc1ccc(OC(F)(F)F)c(Br)c1. The summed E-state index contributed by atoms with van der Waals surface area (Å²) in [6, 6.07) is 3.51. The third kappa shape index (κ3) is 3.73. The smallest absolute Gasteiger partial charge is 0.435 e. The van der Waals surface area contributed by atoms with Crippen LogP contribution in [0, 0.1) is 0 Å². The predicted molar refractivity (Wildman–Crippen MR) is 65.8 cm³/mol. The summed E-state index contributed by atoms with van der Waals surface area (Å²) in [4.78, 5) is 17.4. The van der Waals surface area contributed by atoms with Crippen LogP contribution in [0.4, 0.5) is 13.2 Å². The molecule has 1 aromatic heterocycles. The standard InChI is InChI=1S/C11H6BrF3N2O3/c12-7-5-6(1-2-8(7)20-11(13,14)15)19-10-9(18)16-3-4-17-10/h1-5H,(H,16,18). The predicted octanol–water partition coefficient (Wildman–Crippen LogP) is 3.22. The second-order valence-electron chi connectivity index (χ2n) is 3.47. The zero-order chi connectivity index (χ0) is 14.8. The van der Waals surface area contributed by atoms with Gasteiger partial charge in [0.1, 0.15) is 11.5 Å². The lowest BCUT2D eigenvalue weighted by Crippen LogP contribution is -2.17. The first-order valence-corrected chi connectivity index (χ1v) is 5.91. The number of hydrogen-bond acceptors (Lipinski definition) is 4. The molecule has 5 nitrogen and oxygen atoms in total. The van der Waals surface area contributed by atoms with Crippen LogP contribution in [0.2, 0.25) is 0 Å². The molecule has 2 rings (SSSR count). The monoisotopic (exact) mass is 350 g/mol. The number of ether oxygens (including phenoxy) is 2. The topological polar surface area (TPSA) is 64.2 Å². The Balaban J connectivity index is 2.22. The molecule has 0 bridgehead atoms. The van der Waals surface area contributed by atoms with Crippen LogP contribution < -0.4 is 15.0 Å². The zero-order valence-electron chi connectivity index (χ0n) is 9.57. The summed E-state index contributed by atoms with van der Waals surface area (Å²) >= 11 is 2.92. The molecule has 0 unspecified atom stereocenters. The number of benzene rings is 1. The molecule has 20 heavy (non-hydrogen) atoms. The van der Waals surface area contributed by atoms with Gasteiger partial charge in [0.25, 0.3) is 5.88 Å². The van der Waals surface area contributed by atoms with E-state index < -0.39 is 17.7 Å². The molecule has 0 saturated heterocycles. The van der Waals surface area contributed by atoms with Crippen LogP contribution in [-0.2, 0) is 0 Å². The normalized spacial score (nSPS) is 11.2. The van der Waals surface area contributed by atoms with Gasteiger partial charge in [-0.05, 0) is 34.1 Å². The van der Waals surface area contributed by atoms with Gasteiger partial charge in [-0.3, -0.25) is 4.79 Å². The first-order chi connectivity index (χ1) is 9.35. The number of H-pyrrole nitrogens is 1. The average Bonchev–Trinajstić information content (AvgIpc) is 2.34. The molecule has 2 aromatic rings. The molecule has 0 saturated carbocycles. The van der Waals surface area contributed by atoms with Crippen molar-refractivity contribution >= 4 is 15.9 Å². The molecule has 0 atom stereocenters. The van der Waals surface area contributed by atoms with Gasteiger partial charge < -0.3 is 14.5 Å². The number of nitrogens with zero attached hydrogens (tertiary/aromatic N) is 1. The fourth-order valence-electron chi connectivity index (χ4n) is 1.28. The summed E-state index contributed by atoms with van der Waals surface area (Å²) in [7, 11) is 0. The number of nitrogens with one attached hydrogen (secondary N) is 1. The maximum absolute atomic E-state index is 12.1. The maximum Gasteiger partial charge on any atom is 0.573 e. The number of aromatic amines is 1. The maximum atomic E-state index is 12.1. The first kappa shape index (κ1) is 14.4. The summed E-state index contributed by atoms with van der Waals surface area (Å²) in [6.07, 6.45) is -2.15. The van der Waals surface area contributed by atoms with Crippen molar-refractivity contribution in [1.29, 1.82) is 0 Å². The van der Waals surface area contributed by atoms with Gasteiger partial charge in [0.15, 0.2) is 0 Å². The van der Waals surface area contributed by atoms with Gasteiger partial charge in [0, 0.05) is 12.4 Å². The number of rotatable bonds is 3. The Labute approximate surface area is 118 Å². The Bertz CT molecular complexity index is 672. The van der Waals surface area contributed by atoms with Crippen molar-refractivity contribution in [1.82, 2.24) is 9.97 Å². The molecule has 0 aliphatic heterocycles. The van der Waals surface area contributed by atoms with Crippen LogP contribution in [-0.4, -0.2) is 16.3 Å². The molecule has 0 spiro atoms. The van der Waals surface area contributed by atoms with E-state index in [4.69, 9.17) is 4.74 Å². The molecule has 0 radical (unpaired) electrons. The quantitative estimate of drug-likeness (QED) is 0.922. The highest BCUT2D eigenvalue weighted by atomic mass is 79.9. The Hall–Kier alpha value is -2.03. The second kappa shape index (κ2) is 5.53. The van der Waals surface area contributed by atoms with Crippen LogP contribution in [0.1, 0.15) is 0 Å². The fourth-order valence-corrected chi connectivity index (χ4v) is 1.71. The van der Waals surface area contributed by atoms with Crippen molar-refractivity contribution in [3.8, 4) is 17.4 Å². The largest absolute Gasteiger partial charge is 0.573 e. The van der Waals surface area contributed by atoms with Crippen molar-refractivity contribution in [2.45, 2.75) is 6.36 Å². The summed E-state index contributed by atoms with van der Waals surface area (Å²) < 4.78 is 45.2. The van der Waals surface area contributed by atoms with Gasteiger partial charge in [-0.25, -0.2) is 4.98 Å². The minimum atomic E-state index is -4.79. The Morgan fingerprint density at radius 1 is 1.30 bits per heavy atom. The van der Waals surface area contributed by atoms with Crippen molar-refractivity contribution < 1.29 is 22.6 Å². The number of alkyl halides is 3. The van der Waals surface area contributed by atoms with Crippen molar-refractivity contribution in [3.63, 3.8) is 0 Å². The number of halogens is 4. The zero-order valence-corrected chi connectivity index (χ0v) is 11.2. The van der Waals surface area contributed by atoms with E-state index in [9.17, 15) is 18.0 Å². The van der Waals surface area contributed by atoms with Gasteiger partial charge in [-0.2, -0.15) is 0 Å². The molecule has 0 aliphatic carbocycles. The molecule has 0 aliphatic rings. The van der Waals surface area contributed by atoms with Crippen LogP contribution in [0.3, 0.4) is 0 Å². The third-order valence-corrected chi connectivity index (χ3v) is 2.64. The molecule has 9 heteroatoms. The summed E-state index contributed by atoms with van der Waals surface area (Å²) in [6.45, 7) is 0. The van der Waals surface area contributed by atoms with Crippen LogP contribution in [0.25, 0.3) is 0 Å². The molecular formula is C11H6BrF3N2O3. The minimum absolute atomic E-state index is 0.0275. The van der Waals surface area contributed by atoms with Crippen molar-refractivity contribution in [2.75, 3.05) is 0 Å². The average molecular weight is 351 g/mol. The molecule has 0 amide bonds. The van der Waals surface area contributed by atoms with Gasteiger partial charge in [-0.1, -0.05) is 0 Å². The molecule has 0 fully saturated rings. The van der Waals surface area contributed by atoms with Gasteiger partial charge >= 0.3 is 11.9 Å². The van der Waals surface area contributed by atoms with E-state index in [1.807, 2.05) is 0 Å². The van der Waals surface area contributed by atoms with E-state index in [0.29, 0.717) is 0 Å². The van der Waals surface area contributed by atoms with E-state index in [1.54, 1.807) is 0 Å². The Morgan fingerprint density at radius 3 is 2.65 bits per heavy atom. The number of aromatic nitrogens is 2. The van der Waals surface area contributed by atoms with Crippen molar-refractivity contribution in [3.05, 3.63) is 45.4 Å². The molecule has 1 heterocycles. The highest BCUT2D eigenvalue weighted by Gasteiger charge is 2.32. The third-order valence-electron chi connectivity index (χ3n) is 2.02. The van der Waals surface area contributed by atoms with E-state index in [2.05, 4.69) is 30.6 Å². The van der Waals surface area contributed by atoms with Crippen LogP contribution in [0.5, 0.6) is 17.4 Å². The van der Waals surface area contributed by atoms with E-state index in [-0.39, 0.29) is 16.1 Å². The van der Waals surface area contributed by atoms with E-state index in [0.717, 1.165) is 6.07 Å². The molecule has 106 valence electrons. The highest BCUT2D eigenvalue weighted by Crippen LogP contribution is 2.33. The second-order valence-corrected chi connectivity index (χ2v) is 4.32. The highest BCUT2D eigenvalue weighted by molar-refractivity contribution is 9.10. The Kier molecular flexibility index (Phi) is 3.98. The van der Waals surface area contributed by atoms with Gasteiger partial charge in [0.2, 0.25) is 0 Å². The first-order valence-electron chi connectivity index (χ1n) is 5.12. The van der Waals surface area contributed by atoms with Crippen LogP contribution >= 0.6 is 15.9 Å². The van der Waals surface area contributed by atoms with Gasteiger partial charge in [0.05, 0.1) is 4.47 Å². The molecule has 1 aromatic carbocycles. The fraction of sp³-hybridized carbons (Fsp3) is 0.0909. The van der Waals surface area contributed by atoms with Gasteiger partial charge in [-0.15, -0.1) is 13.2 Å². The van der Waals surface area contributed by atoms with Crippen molar-refractivity contribution in [2.24, 2.45) is 0 Å². The lowest BCUT2D eigenvalue weighted by molar-refractivity contribution is -0.274. The van der Waals surface area contributed by atoms with E-state index >= 15 is 0 Å². The molecule has 1 N–H and O–H groups in total. The summed E-state index contributed by atoms with van der Waals surface area (Å²) in [5, 5.41) is 0. The lowest BCUT2D eigenvalue weighted by atomic mass is 10.3.